The molecule has 0 heterocycles. The quantitative estimate of drug-likeness (QED) is 0.686. The van der Waals surface area contributed by atoms with Crippen LogP contribution >= 0.6 is 0 Å². The van der Waals surface area contributed by atoms with Gasteiger partial charge in [-0.05, 0) is 39.5 Å². The van der Waals surface area contributed by atoms with Gasteiger partial charge in [0.1, 0.15) is 12.6 Å². The number of esters is 1. The number of ether oxygens (including phenoxy) is 1. The SMILES string of the molecule is CC[C@H](COC(=O)[C@@H](N)CC(C)C)NC(C)(C)C. The van der Waals surface area contributed by atoms with Crippen LogP contribution in [0.2, 0.25) is 0 Å². The summed E-state index contributed by atoms with van der Waals surface area (Å²) in [5, 5.41) is 3.42. The van der Waals surface area contributed by atoms with Crippen LogP contribution in [-0.4, -0.2) is 30.2 Å². The lowest BCUT2D eigenvalue weighted by Gasteiger charge is -2.28. The third kappa shape index (κ3) is 8.48. The topological polar surface area (TPSA) is 64.3 Å². The summed E-state index contributed by atoms with van der Waals surface area (Å²) < 4.78 is 5.28. The Morgan fingerprint density at radius 3 is 2.28 bits per heavy atom. The summed E-state index contributed by atoms with van der Waals surface area (Å²) >= 11 is 0. The maximum atomic E-state index is 11.7. The molecule has 0 aliphatic carbocycles. The molecule has 0 unspecified atom stereocenters. The highest BCUT2D eigenvalue weighted by Gasteiger charge is 2.20. The van der Waals surface area contributed by atoms with Crippen molar-refractivity contribution >= 4 is 5.97 Å². The molecule has 108 valence electrons. The van der Waals surface area contributed by atoms with E-state index in [1.807, 2.05) is 13.8 Å². The van der Waals surface area contributed by atoms with Crippen molar-refractivity contribution in [2.24, 2.45) is 11.7 Å². The van der Waals surface area contributed by atoms with Crippen molar-refractivity contribution in [1.29, 1.82) is 0 Å². The number of rotatable bonds is 7. The summed E-state index contributed by atoms with van der Waals surface area (Å²) in [5.41, 5.74) is 5.80. The molecule has 0 aromatic carbocycles. The fourth-order valence-electron chi connectivity index (χ4n) is 1.77. The molecule has 0 saturated heterocycles. The lowest BCUT2D eigenvalue weighted by Crippen LogP contribution is -2.46. The lowest BCUT2D eigenvalue weighted by atomic mass is 10.0. The van der Waals surface area contributed by atoms with Crippen molar-refractivity contribution in [2.45, 2.75) is 72.0 Å². The number of hydrogen-bond acceptors (Lipinski definition) is 4. The molecule has 0 aromatic rings. The molecule has 4 heteroatoms. The van der Waals surface area contributed by atoms with Gasteiger partial charge in [-0.25, -0.2) is 0 Å². The Morgan fingerprint density at radius 1 is 1.33 bits per heavy atom. The molecule has 0 aromatic heterocycles. The Kier molecular flexibility index (Phi) is 7.48. The van der Waals surface area contributed by atoms with Crippen LogP contribution < -0.4 is 11.1 Å². The number of nitrogens with two attached hydrogens (primary N) is 1. The monoisotopic (exact) mass is 258 g/mol. The molecule has 0 fully saturated rings. The molecule has 4 nitrogen and oxygen atoms in total. The second kappa shape index (κ2) is 7.74. The minimum absolute atomic E-state index is 0.0210. The Morgan fingerprint density at radius 2 is 1.89 bits per heavy atom. The molecule has 18 heavy (non-hydrogen) atoms. The van der Waals surface area contributed by atoms with Crippen LogP contribution in [0, 0.1) is 5.92 Å². The first-order valence-corrected chi connectivity index (χ1v) is 6.85. The van der Waals surface area contributed by atoms with Gasteiger partial charge in [-0.1, -0.05) is 20.8 Å². The van der Waals surface area contributed by atoms with Crippen molar-refractivity contribution in [3.8, 4) is 0 Å². The highest BCUT2D eigenvalue weighted by atomic mass is 16.5. The first-order chi connectivity index (χ1) is 8.15. The van der Waals surface area contributed by atoms with E-state index in [2.05, 4.69) is 33.0 Å². The molecule has 0 aliphatic heterocycles. The molecular weight excluding hydrogens is 228 g/mol. The molecule has 0 rings (SSSR count). The third-order valence-electron chi connectivity index (χ3n) is 2.58. The average molecular weight is 258 g/mol. The predicted molar refractivity (Wildman–Crippen MR) is 75.4 cm³/mol. The smallest absolute Gasteiger partial charge is 0.322 e. The van der Waals surface area contributed by atoms with Gasteiger partial charge in [0.05, 0.1) is 0 Å². The standard InChI is InChI=1S/C14H30N2O2/c1-7-11(16-14(4,5)6)9-18-13(17)12(15)8-10(2)3/h10-12,16H,7-9,15H2,1-6H3/t11-,12+/m1/s1. The minimum atomic E-state index is -0.503. The van der Waals surface area contributed by atoms with Crippen LogP contribution in [0.4, 0.5) is 0 Å². The molecule has 3 N–H and O–H groups in total. The zero-order valence-corrected chi connectivity index (χ0v) is 12.7. The van der Waals surface area contributed by atoms with Crippen LogP contribution in [0.1, 0.15) is 54.4 Å². The molecule has 0 saturated carbocycles. The van der Waals surface area contributed by atoms with Crippen LogP contribution in [0.25, 0.3) is 0 Å². The molecule has 0 aliphatic rings. The molecule has 0 bridgehead atoms. The minimum Gasteiger partial charge on any atom is -0.463 e. The predicted octanol–water partition coefficient (Wildman–Crippen LogP) is 2.07. The normalized spacial score (nSPS) is 15.6. The Hall–Kier alpha value is -0.610. The van der Waals surface area contributed by atoms with Gasteiger partial charge in [0.15, 0.2) is 0 Å². The summed E-state index contributed by atoms with van der Waals surface area (Å²) in [7, 11) is 0. The largest absolute Gasteiger partial charge is 0.463 e. The second-order valence-corrected chi connectivity index (χ2v) is 6.37. The van der Waals surface area contributed by atoms with Crippen LogP contribution in [-0.2, 0) is 9.53 Å². The first kappa shape index (κ1) is 17.4. The van der Waals surface area contributed by atoms with Gasteiger partial charge in [0.2, 0.25) is 0 Å². The number of carbonyl (C=O) groups is 1. The van der Waals surface area contributed by atoms with E-state index in [1.54, 1.807) is 0 Å². The summed E-state index contributed by atoms with van der Waals surface area (Å²) in [6, 6.07) is -0.322. The van der Waals surface area contributed by atoms with Gasteiger partial charge >= 0.3 is 5.97 Å². The molecule has 0 radical (unpaired) electrons. The summed E-state index contributed by atoms with van der Waals surface area (Å²) in [4.78, 5) is 11.7. The highest BCUT2D eigenvalue weighted by Crippen LogP contribution is 2.07. The van der Waals surface area contributed by atoms with Gasteiger partial charge in [-0.15, -0.1) is 0 Å². The molecular formula is C14H30N2O2. The van der Waals surface area contributed by atoms with E-state index >= 15 is 0 Å². The number of hydrogen-bond donors (Lipinski definition) is 2. The van der Waals surface area contributed by atoms with Crippen molar-refractivity contribution in [3.63, 3.8) is 0 Å². The van der Waals surface area contributed by atoms with E-state index < -0.39 is 6.04 Å². The van der Waals surface area contributed by atoms with E-state index in [9.17, 15) is 4.79 Å². The summed E-state index contributed by atoms with van der Waals surface area (Å²) in [5.74, 6) is 0.111. The second-order valence-electron chi connectivity index (χ2n) is 6.37. The number of nitrogens with one attached hydrogen (secondary N) is 1. The van der Waals surface area contributed by atoms with Crippen LogP contribution in [0.5, 0.6) is 0 Å². The first-order valence-electron chi connectivity index (χ1n) is 6.85. The van der Waals surface area contributed by atoms with Gasteiger partial charge in [0.25, 0.3) is 0 Å². The van der Waals surface area contributed by atoms with E-state index in [-0.39, 0.29) is 17.6 Å². The van der Waals surface area contributed by atoms with Gasteiger partial charge < -0.3 is 15.8 Å². The van der Waals surface area contributed by atoms with Crippen LogP contribution in [0.3, 0.4) is 0 Å². The van der Waals surface area contributed by atoms with Crippen molar-refractivity contribution < 1.29 is 9.53 Å². The average Bonchev–Trinajstić information content (AvgIpc) is 2.20. The fraction of sp³-hybridized carbons (Fsp3) is 0.929. The Balaban J connectivity index is 4.09. The van der Waals surface area contributed by atoms with E-state index in [0.717, 1.165) is 6.42 Å². The van der Waals surface area contributed by atoms with E-state index in [0.29, 0.717) is 18.9 Å². The van der Waals surface area contributed by atoms with Gasteiger partial charge in [-0.3, -0.25) is 4.79 Å². The third-order valence-corrected chi connectivity index (χ3v) is 2.58. The Labute approximate surface area is 112 Å². The zero-order valence-electron chi connectivity index (χ0n) is 12.7. The fourth-order valence-corrected chi connectivity index (χ4v) is 1.77. The van der Waals surface area contributed by atoms with E-state index in [4.69, 9.17) is 10.5 Å². The maximum Gasteiger partial charge on any atom is 0.322 e. The molecule has 0 spiro atoms. The summed E-state index contributed by atoms with van der Waals surface area (Å²) in [6.07, 6.45) is 1.59. The Bertz CT molecular complexity index is 247. The van der Waals surface area contributed by atoms with Crippen molar-refractivity contribution in [3.05, 3.63) is 0 Å². The lowest BCUT2D eigenvalue weighted by molar-refractivity contribution is -0.146. The van der Waals surface area contributed by atoms with Crippen molar-refractivity contribution in [1.82, 2.24) is 5.32 Å². The highest BCUT2D eigenvalue weighted by molar-refractivity contribution is 5.75. The molecule has 2 atom stereocenters. The number of carbonyl (C=O) groups excluding carboxylic acids is 1. The summed E-state index contributed by atoms with van der Waals surface area (Å²) in [6.45, 7) is 12.8. The van der Waals surface area contributed by atoms with Gasteiger partial charge in [0, 0.05) is 11.6 Å². The van der Waals surface area contributed by atoms with E-state index in [1.165, 1.54) is 0 Å². The molecule has 0 amide bonds. The maximum absolute atomic E-state index is 11.7. The van der Waals surface area contributed by atoms with Crippen molar-refractivity contribution in [2.75, 3.05) is 6.61 Å². The van der Waals surface area contributed by atoms with Gasteiger partial charge in [-0.2, -0.15) is 0 Å². The zero-order chi connectivity index (χ0) is 14.3. The van der Waals surface area contributed by atoms with Crippen LogP contribution in [0.15, 0.2) is 0 Å².